The normalized spacial score (nSPS) is 16.9. The molecule has 0 spiro atoms. The Morgan fingerprint density at radius 2 is 2.11 bits per heavy atom. The summed E-state index contributed by atoms with van der Waals surface area (Å²) in [5.41, 5.74) is 11.7. The molecule has 0 unspecified atom stereocenters. The van der Waals surface area contributed by atoms with E-state index in [-0.39, 0.29) is 10.6 Å². The van der Waals surface area contributed by atoms with Gasteiger partial charge in [0, 0.05) is 19.6 Å². The van der Waals surface area contributed by atoms with Gasteiger partial charge in [-0.2, -0.15) is 5.26 Å². The van der Waals surface area contributed by atoms with Crippen LogP contribution in [0.3, 0.4) is 0 Å². The van der Waals surface area contributed by atoms with Crippen LogP contribution in [0.15, 0.2) is 0 Å². The lowest BCUT2D eigenvalue weighted by Gasteiger charge is -2.21. The zero-order chi connectivity index (χ0) is 14.0. The van der Waals surface area contributed by atoms with Gasteiger partial charge in [-0.3, -0.25) is 4.79 Å². The number of thiophene rings is 1. The van der Waals surface area contributed by atoms with E-state index in [0.717, 1.165) is 37.6 Å². The minimum atomic E-state index is -0.572. The first kappa shape index (κ1) is 13.6. The second kappa shape index (κ2) is 5.47. The van der Waals surface area contributed by atoms with Crippen LogP contribution in [0.5, 0.6) is 0 Å². The van der Waals surface area contributed by atoms with Crippen LogP contribution in [0.2, 0.25) is 0 Å². The fraction of sp³-hybridized carbons (Fsp3) is 0.500. The second-order valence-corrected chi connectivity index (χ2v) is 5.64. The molecule has 1 aliphatic rings. The molecule has 7 heteroatoms. The van der Waals surface area contributed by atoms with Crippen LogP contribution < -0.4 is 16.4 Å². The number of rotatable bonds is 2. The molecule has 1 amide bonds. The van der Waals surface area contributed by atoms with Gasteiger partial charge in [0.15, 0.2) is 0 Å². The zero-order valence-electron chi connectivity index (χ0n) is 10.8. The molecule has 2 rings (SSSR count). The molecule has 1 aliphatic heterocycles. The number of hydrogen-bond donors (Lipinski definition) is 2. The van der Waals surface area contributed by atoms with Crippen molar-refractivity contribution >= 4 is 27.9 Å². The summed E-state index contributed by atoms with van der Waals surface area (Å²) < 4.78 is 0. The molecule has 1 fully saturated rings. The predicted molar refractivity (Wildman–Crippen MR) is 76.3 cm³/mol. The molecule has 6 nitrogen and oxygen atoms in total. The smallest absolute Gasteiger partial charge is 0.261 e. The van der Waals surface area contributed by atoms with E-state index in [1.807, 2.05) is 0 Å². The van der Waals surface area contributed by atoms with Crippen LogP contribution in [-0.2, 0) is 0 Å². The van der Waals surface area contributed by atoms with E-state index >= 15 is 0 Å². The summed E-state index contributed by atoms with van der Waals surface area (Å²) >= 11 is 1.22. The second-order valence-electron chi connectivity index (χ2n) is 4.64. The Morgan fingerprint density at radius 3 is 2.74 bits per heavy atom. The van der Waals surface area contributed by atoms with Crippen LogP contribution in [0.25, 0.3) is 0 Å². The fourth-order valence-electron chi connectivity index (χ4n) is 2.19. The fourth-order valence-corrected chi connectivity index (χ4v) is 3.27. The molecule has 1 aromatic rings. The Bertz CT molecular complexity index is 533. The number of primary amides is 1. The molecule has 0 aromatic carbocycles. The third-order valence-corrected chi connectivity index (χ3v) is 4.55. The van der Waals surface area contributed by atoms with Crippen LogP contribution in [0, 0.1) is 11.3 Å². The average molecular weight is 279 g/mol. The van der Waals surface area contributed by atoms with E-state index in [1.165, 1.54) is 11.3 Å². The molecular formula is C12H17N5OS. The standard InChI is InChI=1S/C12H17N5OS/c1-16-3-2-4-17(6-5-16)12-8(7-13)9(14)10(19-12)11(15)18/h2-6,14H2,1H3,(H2,15,18). The number of nitrogens with zero attached hydrogens (tertiary/aromatic N) is 3. The van der Waals surface area contributed by atoms with Crippen molar-refractivity contribution in [2.45, 2.75) is 6.42 Å². The van der Waals surface area contributed by atoms with Gasteiger partial charge < -0.3 is 21.3 Å². The van der Waals surface area contributed by atoms with Gasteiger partial charge in [-0.05, 0) is 20.0 Å². The highest BCUT2D eigenvalue weighted by Crippen LogP contribution is 2.37. The first-order valence-electron chi connectivity index (χ1n) is 6.10. The number of carbonyl (C=O) groups is 1. The van der Waals surface area contributed by atoms with Crippen molar-refractivity contribution in [3.63, 3.8) is 0 Å². The van der Waals surface area contributed by atoms with E-state index in [9.17, 15) is 10.1 Å². The van der Waals surface area contributed by atoms with Crippen molar-refractivity contribution in [2.24, 2.45) is 5.73 Å². The molecule has 102 valence electrons. The summed E-state index contributed by atoms with van der Waals surface area (Å²) in [7, 11) is 2.08. The first-order chi connectivity index (χ1) is 9.04. The molecule has 4 N–H and O–H groups in total. The van der Waals surface area contributed by atoms with Crippen molar-refractivity contribution in [1.29, 1.82) is 5.26 Å². The van der Waals surface area contributed by atoms with Crippen molar-refractivity contribution < 1.29 is 4.79 Å². The van der Waals surface area contributed by atoms with E-state index in [4.69, 9.17) is 11.5 Å². The Kier molecular flexibility index (Phi) is 3.93. The lowest BCUT2D eigenvalue weighted by atomic mass is 10.2. The lowest BCUT2D eigenvalue weighted by molar-refractivity contribution is 0.100. The number of amides is 1. The summed E-state index contributed by atoms with van der Waals surface area (Å²) in [6.45, 7) is 3.64. The maximum absolute atomic E-state index is 11.3. The van der Waals surface area contributed by atoms with Gasteiger partial charge in [-0.25, -0.2) is 0 Å². The SMILES string of the molecule is CN1CCCN(c2sc(C(N)=O)c(N)c2C#N)CC1. The molecule has 0 radical (unpaired) electrons. The van der Waals surface area contributed by atoms with Crippen molar-refractivity contribution in [3.05, 3.63) is 10.4 Å². The van der Waals surface area contributed by atoms with E-state index < -0.39 is 5.91 Å². The quantitative estimate of drug-likeness (QED) is 0.818. The largest absolute Gasteiger partial charge is 0.396 e. The summed E-state index contributed by atoms with van der Waals surface area (Å²) in [6.07, 6.45) is 1.02. The predicted octanol–water partition coefficient (Wildman–Crippen LogP) is 0.443. The molecular weight excluding hydrogens is 262 g/mol. The average Bonchev–Trinajstić information content (AvgIpc) is 2.54. The van der Waals surface area contributed by atoms with Gasteiger partial charge in [0.2, 0.25) is 0 Å². The van der Waals surface area contributed by atoms with Gasteiger partial charge in [-0.1, -0.05) is 0 Å². The molecule has 1 saturated heterocycles. The third kappa shape index (κ3) is 2.64. The lowest BCUT2D eigenvalue weighted by Crippen LogP contribution is -2.28. The maximum Gasteiger partial charge on any atom is 0.261 e. The Morgan fingerprint density at radius 1 is 1.37 bits per heavy atom. The monoisotopic (exact) mass is 279 g/mol. The van der Waals surface area contributed by atoms with Gasteiger partial charge >= 0.3 is 0 Å². The van der Waals surface area contributed by atoms with Gasteiger partial charge in [0.1, 0.15) is 21.5 Å². The number of nitriles is 1. The topological polar surface area (TPSA) is 99.4 Å². The Hall–Kier alpha value is -1.78. The number of nitrogen functional groups attached to an aromatic ring is 1. The highest BCUT2D eigenvalue weighted by atomic mass is 32.1. The number of hydrogen-bond acceptors (Lipinski definition) is 6. The summed E-state index contributed by atoms with van der Waals surface area (Å²) in [5, 5.41) is 10.0. The molecule has 0 saturated carbocycles. The zero-order valence-corrected chi connectivity index (χ0v) is 11.7. The van der Waals surface area contributed by atoms with Crippen molar-refractivity contribution in [1.82, 2.24) is 4.90 Å². The van der Waals surface area contributed by atoms with Crippen LogP contribution in [-0.4, -0.2) is 44.0 Å². The number of anilines is 2. The van der Waals surface area contributed by atoms with Crippen LogP contribution in [0.1, 0.15) is 21.7 Å². The Labute approximate surface area is 116 Å². The molecule has 19 heavy (non-hydrogen) atoms. The van der Waals surface area contributed by atoms with Crippen LogP contribution >= 0.6 is 11.3 Å². The minimum absolute atomic E-state index is 0.215. The van der Waals surface area contributed by atoms with Crippen molar-refractivity contribution in [3.8, 4) is 6.07 Å². The number of nitrogens with two attached hydrogens (primary N) is 2. The molecule has 1 aromatic heterocycles. The summed E-state index contributed by atoms with van der Waals surface area (Å²) in [4.78, 5) is 16.0. The third-order valence-electron chi connectivity index (χ3n) is 3.27. The summed E-state index contributed by atoms with van der Waals surface area (Å²) in [5.74, 6) is -0.572. The highest BCUT2D eigenvalue weighted by molar-refractivity contribution is 7.19. The molecule has 0 bridgehead atoms. The van der Waals surface area contributed by atoms with E-state index in [2.05, 4.69) is 22.9 Å². The molecule has 0 aliphatic carbocycles. The first-order valence-corrected chi connectivity index (χ1v) is 6.92. The molecule has 2 heterocycles. The Balaban J connectivity index is 2.36. The van der Waals surface area contributed by atoms with E-state index in [0.29, 0.717) is 5.56 Å². The minimum Gasteiger partial charge on any atom is -0.396 e. The van der Waals surface area contributed by atoms with Gasteiger partial charge in [0.05, 0.1) is 5.69 Å². The molecule has 0 atom stereocenters. The van der Waals surface area contributed by atoms with E-state index in [1.54, 1.807) is 0 Å². The number of carbonyl (C=O) groups excluding carboxylic acids is 1. The maximum atomic E-state index is 11.3. The van der Waals surface area contributed by atoms with Crippen molar-refractivity contribution in [2.75, 3.05) is 43.9 Å². The van der Waals surface area contributed by atoms with Gasteiger partial charge in [0.25, 0.3) is 5.91 Å². The number of likely N-dealkylation sites (N-methyl/N-ethyl adjacent to an activating group) is 1. The van der Waals surface area contributed by atoms with Gasteiger partial charge in [-0.15, -0.1) is 11.3 Å². The highest BCUT2D eigenvalue weighted by Gasteiger charge is 2.24. The van der Waals surface area contributed by atoms with Crippen LogP contribution in [0.4, 0.5) is 10.7 Å². The summed E-state index contributed by atoms with van der Waals surface area (Å²) in [6, 6.07) is 2.09.